The van der Waals surface area contributed by atoms with Gasteiger partial charge < -0.3 is 10.6 Å². The molecule has 0 spiro atoms. The first-order valence-electron chi connectivity index (χ1n) is 6.07. The molecular weight excluding hydrogens is 234 g/mol. The molecule has 1 fully saturated rings. The van der Waals surface area contributed by atoms with Crippen molar-refractivity contribution in [3.05, 3.63) is 16.6 Å². The Hall–Kier alpha value is -0.940. The van der Waals surface area contributed by atoms with Crippen molar-refractivity contribution in [2.24, 2.45) is 11.7 Å². The summed E-state index contributed by atoms with van der Waals surface area (Å²) >= 11 is 1.58. The Morgan fingerprint density at radius 3 is 3.12 bits per heavy atom. The number of hydrogen-bond donors (Lipinski definition) is 1. The summed E-state index contributed by atoms with van der Waals surface area (Å²) in [7, 11) is 0. The number of carbonyl (C=O) groups excluding carboxylic acids is 1. The molecule has 0 bridgehead atoms. The number of thiazole rings is 1. The number of aryl methyl sites for hydroxylation is 1. The summed E-state index contributed by atoms with van der Waals surface area (Å²) in [5.41, 5.74) is 8.49. The number of nitrogens with zero attached hydrogens (tertiary/aromatic N) is 2. The fraction of sp³-hybridized carbons (Fsp3) is 0.667. The van der Waals surface area contributed by atoms with Crippen LogP contribution in [0.1, 0.15) is 25.5 Å². The van der Waals surface area contributed by atoms with Crippen LogP contribution in [0.5, 0.6) is 0 Å². The van der Waals surface area contributed by atoms with Gasteiger partial charge in [0.05, 0.1) is 11.2 Å². The maximum Gasteiger partial charge on any atom is 0.223 e. The van der Waals surface area contributed by atoms with Gasteiger partial charge in [-0.25, -0.2) is 4.98 Å². The van der Waals surface area contributed by atoms with E-state index in [-0.39, 0.29) is 5.91 Å². The number of rotatable bonds is 4. The third-order valence-corrected chi connectivity index (χ3v) is 4.03. The largest absolute Gasteiger partial charge is 0.340 e. The van der Waals surface area contributed by atoms with Crippen LogP contribution in [-0.4, -0.2) is 34.9 Å². The average Bonchev–Trinajstić information content (AvgIpc) is 2.94. The molecule has 1 aliphatic heterocycles. The normalized spacial score (nSPS) is 24.2. The number of aromatic nitrogens is 1. The molecule has 1 saturated heterocycles. The summed E-state index contributed by atoms with van der Waals surface area (Å²) in [5, 5.41) is 2.00. The molecule has 0 aromatic carbocycles. The van der Waals surface area contributed by atoms with Gasteiger partial charge in [0.15, 0.2) is 0 Å². The van der Waals surface area contributed by atoms with E-state index in [1.165, 1.54) is 0 Å². The van der Waals surface area contributed by atoms with Crippen LogP contribution >= 0.6 is 11.3 Å². The second kappa shape index (κ2) is 5.60. The van der Waals surface area contributed by atoms with Crippen LogP contribution in [0, 0.1) is 5.92 Å². The van der Waals surface area contributed by atoms with E-state index in [0.29, 0.717) is 24.9 Å². The summed E-state index contributed by atoms with van der Waals surface area (Å²) in [6.07, 6.45) is 2.35. The lowest BCUT2D eigenvalue weighted by Crippen LogP contribution is -2.34. The molecular formula is C12H19N3OS. The van der Waals surface area contributed by atoms with Crippen molar-refractivity contribution in [3.8, 4) is 0 Å². The smallest absolute Gasteiger partial charge is 0.223 e. The van der Waals surface area contributed by atoms with Gasteiger partial charge in [0.2, 0.25) is 5.91 Å². The van der Waals surface area contributed by atoms with Gasteiger partial charge in [-0.05, 0) is 32.2 Å². The first-order valence-corrected chi connectivity index (χ1v) is 7.01. The van der Waals surface area contributed by atoms with Gasteiger partial charge in [0.25, 0.3) is 0 Å². The predicted octanol–water partition coefficient (Wildman–Crippen LogP) is 1.27. The second-order valence-electron chi connectivity index (χ2n) is 4.71. The molecule has 0 radical (unpaired) electrons. The Balaban J connectivity index is 1.84. The van der Waals surface area contributed by atoms with Crippen molar-refractivity contribution in [2.75, 3.05) is 13.1 Å². The minimum Gasteiger partial charge on any atom is -0.340 e. The molecule has 94 valence electrons. The molecule has 1 aromatic heterocycles. The summed E-state index contributed by atoms with van der Waals surface area (Å²) in [6, 6.07) is 0.339. The van der Waals surface area contributed by atoms with Crippen LogP contribution in [-0.2, 0) is 11.2 Å². The van der Waals surface area contributed by atoms with Gasteiger partial charge >= 0.3 is 0 Å². The van der Waals surface area contributed by atoms with Crippen LogP contribution < -0.4 is 5.73 Å². The van der Waals surface area contributed by atoms with Crippen LogP contribution in [0.25, 0.3) is 0 Å². The molecule has 2 N–H and O–H groups in total. The first kappa shape index (κ1) is 12.5. The maximum absolute atomic E-state index is 12.1. The molecule has 5 heteroatoms. The molecule has 1 aromatic rings. The van der Waals surface area contributed by atoms with Crippen LogP contribution in [0.3, 0.4) is 0 Å². The van der Waals surface area contributed by atoms with E-state index < -0.39 is 0 Å². The monoisotopic (exact) mass is 253 g/mol. The highest BCUT2D eigenvalue weighted by Crippen LogP contribution is 2.23. The Morgan fingerprint density at radius 1 is 1.71 bits per heavy atom. The molecule has 1 amide bonds. The SMILES string of the molecule is CC1CC(CN)CN1C(=O)CCc1cscn1. The van der Waals surface area contributed by atoms with Gasteiger partial charge in [-0.15, -0.1) is 11.3 Å². The number of amides is 1. The molecule has 2 atom stereocenters. The van der Waals surface area contributed by atoms with Crippen LogP contribution in [0.4, 0.5) is 0 Å². The fourth-order valence-electron chi connectivity index (χ4n) is 2.40. The number of nitrogens with two attached hydrogens (primary N) is 1. The Bertz CT molecular complexity index is 366. The van der Waals surface area contributed by atoms with Gasteiger partial charge in [-0.3, -0.25) is 4.79 Å². The van der Waals surface area contributed by atoms with Crippen molar-refractivity contribution < 1.29 is 4.79 Å². The molecule has 1 aliphatic rings. The van der Waals surface area contributed by atoms with Gasteiger partial charge in [-0.2, -0.15) is 0 Å². The van der Waals surface area contributed by atoms with E-state index >= 15 is 0 Å². The Kier molecular flexibility index (Phi) is 4.12. The zero-order chi connectivity index (χ0) is 12.3. The standard InChI is InChI=1S/C12H19N3OS/c1-9-4-10(5-13)6-15(9)12(16)3-2-11-7-17-8-14-11/h7-10H,2-6,13H2,1H3. The molecule has 2 heterocycles. The molecule has 17 heavy (non-hydrogen) atoms. The van der Waals surface area contributed by atoms with Gasteiger partial charge in [-0.1, -0.05) is 0 Å². The van der Waals surface area contributed by atoms with E-state index in [9.17, 15) is 4.79 Å². The van der Waals surface area contributed by atoms with Crippen molar-refractivity contribution in [1.29, 1.82) is 0 Å². The molecule has 2 unspecified atom stereocenters. The molecule has 0 aliphatic carbocycles. The maximum atomic E-state index is 12.1. The first-order chi connectivity index (χ1) is 8.20. The summed E-state index contributed by atoms with van der Waals surface area (Å²) < 4.78 is 0. The fourth-order valence-corrected chi connectivity index (χ4v) is 2.99. The summed E-state index contributed by atoms with van der Waals surface area (Å²) in [6.45, 7) is 3.62. The van der Waals surface area contributed by atoms with E-state index in [4.69, 9.17) is 5.73 Å². The molecule has 0 saturated carbocycles. The Morgan fingerprint density at radius 2 is 2.53 bits per heavy atom. The van der Waals surface area contributed by atoms with E-state index in [2.05, 4.69) is 11.9 Å². The third kappa shape index (κ3) is 3.04. The van der Waals surface area contributed by atoms with E-state index in [1.807, 2.05) is 15.8 Å². The quantitative estimate of drug-likeness (QED) is 0.879. The minimum atomic E-state index is 0.237. The number of likely N-dealkylation sites (tertiary alicyclic amines) is 1. The minimum absolute atomic E-state index is 0.237. The van der Waals surface area contributed by atoms with E-state index in [1.54, 1.807) is 11.3 Å². The van der Waals surface area contributed by atoms with Crippen molar-refractivity contribution in [2.45, 2.75) is 32.2 Å². The van der Waals surface area contributed by atoms with Crippen LogP contribution in [0.2, 0.25) is 0 Å². The van der Waals surface area contributed by atoms with Crippen LogP contribution in [0.15, 0.2) is 10.9 Å². The summed E-state index contributed by atoms with van der Waals surface area (Å²) in [5.74, 6) is 0.717. The highest BCUT2D eigenvalue weighted by atomic mass is 32.1. The predicted molar refractivity (Wildman–Crippen MR) is 68.8 cm³/mol. The van der Waals surface area contributed by atoms with Crippen molar-refractivity contribution >= 4 is 17.2 Å². The highest BCUT2D eigenvalue weighted by Gasteiger charge is 2.31. The number of carbonyl (C=O) groups is 1. The zero-order valence-corrected chi connectivity index (χ0v) is 10.9. The highest BCUT2D eigenvalue weighted by molar-refractivity contribution is 7.07. The lowest BCUT2D eigenvalue weighted by atomic mass is 10.1. The molecule has 2 rings (SSSR count). The topological polar surface area (TPSA) is 59.2 Å². The average molecular weight is 253 g/mol. The van der Waals surface area contributed by atoms with Crippen molar-refractivity contribution in [3.63, 3.8) is 0 Å². The lowest BCUT2D eigenvalue weighted by molar-refractivity contribution is -0.131. The lowest BCUT2D eigenvalue weighted by Gasteiger charge is -2.21. The second-order valence-corrected chi connectivity index (χ2v) is 5.43. The van der Waals surface area contributed by atoms with Crippen molar-refractivity contribution in [1.82, 2.24) is 9.88 Å². The van der Waals surface area contributed by atoms with Gasteiger partial charge in [0.1, 0.15) is 0 Å². The van der Waals surface area contributed by atoms with Gasteiger partial charge in [0, 0.05) is 24.4 Å². The zero-order valence-electron chi connectivity index (χ0n) is 10.1. The summed E-state index contributed by atoms with van der Waals surface area (Å²) in [4.78, 5) is 18.2. The molecule has 4 nitrogen and oxygen atoms in total. The van der Waals surface area contributed by atoms with E-state index in [0.717, 1.165) is 25.1 Å². The Labute approximate surface area is 106 Å². The third-order valence-electron chi connectivity index (χ3n) is 3.39. The number of hydrogen-bond acceptors (Lipinski definition) is 4.